The van der Waals surface area contributed by atoms with Gasteiger partial charge in [0.15, 0.2) is 0 Å². The monoisotopic (exact) mass is 356 g/mol. The first-order valence-corrected chi connectivity index (χ1v) is 7.86. The molecule has 1 aliphatic rings. The van der Waals surface area contributed by atoms with Crippen LogP contribution >= 0.6 is 0 Å². The van der Waals surface area contributed by atoms with E-state index in [4.69, 9.17) is 10.5 Å². The molecule has 0 bridgehead atoms. The van der Waals surface area contributed by atoms with Crippen molar-refractivity contribution in [3.05, 3.63) is 36.2 Å². The molecule has 1 heterocycles. The molecule has 5 nitrogen and oxygen atoms in total. The number of hydrogen-bond acceptors (Lipinski definition) is 3. The standard InChI is InChI=1S/C17H21F3N3O2/c1-11-6-7-12(10-13(11)17(18,19)20)23-14(21)16(2,3)22(15(23)25)8-4-5-9-24/h6-7,10,21,24H,1,4-5,8-9H2,2-3H3. The molecule has 0 spiro atoms. The summed E-state index contributed by atoms with van der Waals surface area (Å²) >= 11 is 0. The normalized spacial score (nSPS) is 17.6. The van der Waals surface area contributed by atoms with E-state index in [2.05, 4.69) is 6.92 Å². The van der Waals surface area contributed by atoms with Crippen LogP contribution in [0.15, 0.2) is 18.2 Å². The van der Waals surface area contributed by atoms with Crippen LogP contribution in [0.4, 0.5) is 23.7 Å². The van der Waals surface area contributed by atoms with E-state index < -0.39 is 23.3 Å². The van der Waals surface area contributed by atoms with Gasteiger partial charge in [-0.15, -0.1) is 0 Å². The zero-order chi connectivity index (χ0) is 19.0. The minimum absolute atomic E-state index is 0.00698. The van der Waals surface area contributed by atoms with Crippen LogP contribution in [0, 0.1) is 12.3 Å². The van der Waals surface area contributed by atoms with Crippen molar-refractivity contribution >= 4 is 17.6 Å². The second kappa shape index (κ2) is 6.67. The van der Waals surface area contributed by atoms with Crippen molar-refractivity contribution in [3.63, 3.8) is 0 Å². The third-order valence-electron chi connectivity index (χ3n) is 4.35. The van der Waals surface area contributed by atoms with E-state index in [1.54, 1.807) is 13.8 Å². The fraction of sp³-hybridized carbons (Fsp3) is 0.471. The minimum atomic E-state index is -4.59. The van der Waals surface area contributed by atoms with Crippen LogP contribution in [0.5, 0.6) is 0 Å². The molecule has 2 amide bonds. The Kier molecular flexibility index (Phi) is 5.13. The number of carbonyl (C=O) groups excluding carboxylic acids is 1. The van der Waals surface area contributed by atoms with Gasteiger partial charge in [0, 0.05) is 13.2 Å². The third kappa shape index (κ3) is 3.49. The molecule has 2 rings (SSSR count). The third-order valence-corrected chi connectivity index (χ3v) is 4.35. The van der Waals surface area contributed by atoms with Crippen LogP contribution in [-0.2, 0) is 6.18 Å². The van der Waals surface area contributed by atoms with Gasteiger partial charge in [0.05, 0.1) is 16.8 Å². The van der Waals surface area contributed by atoms with Crippen LogP contribution in [0.3, 0.4) is 0 Å². The van der Waals surface area contributed by atoms with Gasteiger partial charge in [-0.1, -0.05) is 6.07 Å². The fourth-order valence-electron chi connectivity index (χ4n) is 2.82. The summed E-state index contributed by atoms with van der Waals surface area (Å²) in [7, 11) is 0. The first kappa shape index (κ1) is 19.2. The van der Waals surface area contributed by atoms with E-state index in [0.29, 0.717) is 19.4 Å². The van der Waals surface area contributed by atoms with Crippen LogP contribution in [0.25, 0.3) is 0 Å². The molecule has 8 heteroatoms. The van der Waals surface area contributed by atoms with Gasteiger partial charge in [-0.2, -0.15) is 13.2 Å². The van der Waals surface area contributed by atoms with E-state index in [1.165, 1.54) is 17.0 Å². The first-order chi connectivity index (χ1) is 11.5. The predicted molar refractivity (Wildman–Crippen MR) is 88.6 cm³/mol. The zero-order valence-electron chi connectivity index (χ0n) is 14.2. The lowest BCUT2D eigenvalue weighted by molar-refractivity contribution is -0.137. The van der Waals surface area contributed by atoms with Crippen molar-refractivity contribution in [2.24, 2.45) is 0 Å². The molecular weight excluding hydrogens is 335 g/mol. The molecule has 0 atom stereocenters. The quantitative estimate of drug-likeness (QED) is 0.791. The van der Waals surface area contributed by atoms with Crippen LogP contribution < -0.4 is 4.90 Å². The van der Waals surface area contributed by atoms with Crippen molar-refractivity contribution in [3.8, 4) is 0 Å². The lowest BCUT2D eigenvalue weighted by atomic mass is 10.0. The van der Waals surface area contributed by atoms with Gasteiger partial charge >= 0.3 is 12.2 Å². The molecule has 2 N–H and O–H groups in total. The Balaban J connectivity index is 2.40. The number of rotatable bonds is 5. The number of aliphatic hydroxyl groups excluding tert-OH is 1. The highest BCUT2D eigenvalue weighted by atomic mass is 19.4. The van der Waals surface area contributed by atoms with Crippen LogP contribution in [0.1, 0.15) is 37.8 Å². The Hall–Kier alpha value is -2.09. The van der Waals surface area contributed by atoms with E-state index in [-0.39, 0.29) is 23.7 Å². The van der Waals surface area contributed by atoms with Gasteiger partial charge in [0.25, 0.3) is 0 Å². The van der Waals surface area contributed by atoms with Crippen molar-refractivity contribution < 1.29 is 23.1 Å². The first-order valence-electron chi connectivity index (χ1n) is 7.86. The SMILES string of the molecule is [CH2]c1ccc(N2C(=N)C(C)(C)N(CCCCO)C2=O)cc1C(F)(F)F. The maximum absolute atomic E-state index is 13.1. The van der Waals surface area contributed by atoms with Gasteiger partial charge in [-0.05, 0) is 51.3 Å². The molecule has 137 valence electrons. The number of amides is 2. The second-order valence-electron chi connectivity index (χ2n) is 6.45. The number of anilines is 1. The molecule has 1 aromatic carbocycles. The summed E-state index contributed by atoms with van der Waals surface area (Å²) in [6.07, 6.45) is -3.55. The predicted octanol–water partition coefficient (Wildman–Crippen LogP) is 3.66. The smallest absolute Gasteiger partial charge is 0.396 e. The van der Waals surface area contributed by atoms with E-state index in [9.17, 15) is 18.0 Å². The largest absolute Gasteiger partial charge is 0.416 e. The summed E-state index contributed by atoms with van der Waals surface area (Å²) in [6, 6.07) is 2.86. The number of carbonyl (C=O) groups is 1. The van der Waals surface area contributed by atoms with E-state index in [0.717, 1.165) is 11.0 Å². The Morgan fingerprint density at radius 1 is 1.28 bits per heavy atom. The molecule has 1 aromatic rings. The van der Waals surface area contributed by atoms with Crippen LogP contribution in [-0.4, -0.2) is 40.6 Å². The number of urea groups is 1. The average Bonchev–Trinajstić information content (AvgIpc) is 2.67. The summed E-state index contributed by atoms with van der Waals surface area (Å²) < 4.78 is 39.3. The molecule has 0 aliphatic carbocycles. The maximum atomic E-state index is 13.1. The molecular formula is C17H21F3N3O2. The number of aliphatic hydroxyl groups is 1. The molecule has 1 saturated heterocycles. The lowest BCUT2D eigenvalue weighted by Crippen LogP contribution is -2.44. The Bertz CT molecular complexity index is 686. The summed E-state index contributed by atoms with van der Waals surface area (Å²) in [6.45, 7) is 7.02. The highest BCUT2D eigenvalue weighted by Crippen LogP contribution is 2.37. The molecule has 25 heavy (non-hydrogen) atoms. The molecule has 1 radical (unpaired) electrons. The molecule has 1 aliphatic heterocycles. The zero-order valence-corrected chi connectivity index (χ0v) is 14.2. The number of nitrogens with zero attached hydrogens (tertiary/aromatic N) is 2. The Labute approximate surface area is 144 Å². The summed E-state index contributed by atoms with van der Waals surface area (Å²) in [5.74, 6) is -0.0913. The highest BCUT2D eigenvalue weighted by molar-refractivity contribution is 6.24. The van der Waals surface area contributed by atoms with Crippen molar-refractivity contribution in [1.29, 1.82) is 5.41 Å². The van der Waals surface area contributed by atoms with Gasteiger partial charge in [-0.25, -0.2) is 9.69 Å². The maximum Gasteiger partial charge on any atom is 0.416 e. The van der Waals surface area contributed by atoms with Gasteiger partial charge in [-0.3, -0.25) is 5.41 Å². The Morgan fingerprint density at radius 2 is 1.92 bits per heavy atom. The lowest BCUT2D eigenvalue weighted by Gasteiger charge is -2.29. The number of benzene rings is 1. The van der Waals surface area contributed by atoms with Crippen molar-refractivity contribution in [2.45, 2.75) is 38.4 Å². The number of hydrogen-bond donors (Lipinski definition) is 2. The second-order valence-corrected chi connectivity index (χ2v) is 6.45. The molecule has 0 saturated carbocycles. The van der Waals surface area contributed by atoms with Crippen molar-refractivity contribution in [2.75, 3.05) is 18.1 Å². The number of unbranched alkanes of at least 4 members (excludes halogenated alkanes) is 1. The summed E-state index contributed by atoms with van der Waals surface area (Å²) in [5, 5.41) is 17.2. The van der Waals surface area contributed by atoms with Crippen LogP contribution in [0.2, 0.25) is 0 Å². The molecule has 0 unspecified atom stereocenters. The number of halogens is 3. The number of amidine groups is 1. The summed E-state index contributed by atoms with van der Waals surface area (Å²) in [5.41, 5.74) is -2.07. The highest BCUT2D eigenvalue weighted by Gasteiger charge is 2.49. The molecule has 1 fully saturated rings. The molecule has 0 aromatic heterocycles. The van der Waals surface area contributed by atoms with Gasteiger partial charge in [0.2, 0.25) is 0 Å². The van der Waals surface area contributed by atoms with E-state index in [1.807, 2.05) is 0 Å². The minimum Gasteiger partial charge on any atom is -0.396 e. The van der Waals surface area contributed by atoms with E-state index >= 15 is 0 Å². The number of nitrogens with one attached hydrogen (secondary N) is 1. The summed E-state index contributed by atoms with van der Waals surface area (Å²) in [4.78, 5) is 15.2. The number of alkyl halides is 3. The van der Waals surface area contributed by atoms with Crippen molar-refractivity contribution in [1.82, 2.24) is 4.90 Å². The fourth-order valence-corrected chi connectivity index (χ4v) is 2.82. The van der Waals surface area contributed by atoms with Gasteiger partial charge in [0.1, 0.15) is 5.84 Å². The Morgan fingerprint density at radius 3 is 2.48 bits per heavy atom. The van der Waals surface area contributed by atoms with Gasteiger partial charge < -0.3 is 10.0 Å². The average molecular weight is 356 g/mol. The topological polar surface area (TPSA) is 67.6 Å².